The van der Waals surface area contributed by atoms with Gasteiger partial charge in [0.1, 0.15) is 0 Å². The molecule has 0 aliphatic carbocycles. The van der Waals surface area contributed by atoms with Crippen LogP contribution in [-0.2, 0) is 26.7 Å². The minimum atomic E-state index is -1.17. The average molecular weight is 358 g/mol. The van der Waals surface area contributed by atoms with E-state index in [0.717, 1.165) is 23.3 Å². The van der Waals surface area contributed by atoms with E-state index in [1.165, 1.54) is 12.2 Å². The van der Waals surface area contributed by atoms with Crippen LogP contribution in [0.1, 0.15) is 11.1 Å². The minimum absolute atomic E-state index is 0. The molecule has 4 nitrogen and oxygen atoms in total. The fraction of sp³-hybridized carbons (Fsp3) is 0. The van der Waals surface area contributed by atoms with Crippen molar-refractivity contribution in [2.75, 3.05) is 0 Å². The molecule has 23 heavy (non-hydrogen) atoms. The molecule has 0 N–H and O–H groups in total. The molecule has 2 aromatic carbocycles. The Morgan fingerprint density at radius 2 is 0.957 bits per heavy atom. The van der Waals surface area contributed by atoms with Crippen LogP contribution in [0.15, 0.2) is 72.8 Å². The third-order valence-corrected chi connectivity index (χ3v) is 2.42. The number of carboxylic acids is 2. The number of hydrogen-bond acceptors (Lipinski definition) is 4. The van der Waals surface area contributed by atoms with E-state index in [1.807, 2.05) is 60.7 Å². The van der Waals surface area contributed by atoms with Crippen molar-refractivity contribution in [3.05, 3.63) is 83.9 Å². The van der Waals surface area contributed by atoms with E-state index < -0.39 is 11.9 Å². The Bertz CT molecular complexity index is 590. The number of carbonyl (C=O) groups excluding carboxylic acids is 2. The molecule has 2 aromatic rings. The standard InChI is InChI=1S/2C9H8O2.Cu/c2*10-9(11)7-6-8-4-2-1-3-5-8;/h2*1-7H,(H,10,11);/q;;+2/p-2/b2*7-6+;. The molecular weight excluding hydrogens is 344 g/mol. The molecule has 5 heteroatoms. The number of hydrogen-bond donors (Lipinski definition) is 0. The average Bonchev–Trinajstić information content (AvgIpc) is 2.53. The third kappa shape index (κ3) is 10.7. The molecule has 0 heterocycles. The Balaban J connectivity index is 0.000000403. The van der Waals surface area contributed by atoms with Gasteiger partial charge in [0.05, 0.1) is 11.9 Å². The van der Waals surface area contributed by atoms with E-state index >= 15 is 0 Å². The molecule has 0 amide bonds. The molecule has 0 saturated heterocycles. The van der Waals surface area contributed by atoms with Crippen LogP contribution in [0.4, 0.5) is 0 Å². The van der Waals surface area contributed by atoms with Crippen molar-refractivity contribution in [3.8, 4) is 0 Å². The molecule has 0 unspecified atom stereocenters. The van der Waals surface area contributed by atoms with E-state index in [2.05, 4.69) is 0 Å². The summed E-state index contributed by atoms with van der Waals surface area (Å²) in [5.74, 6) is -2.34. The maximum Gasteiger partial charge on any atom is 2.00 e. The van der Waals surface area contributed by atoms with Gasteiger partial charge in [-0.3, -0.25) is 0 Å². The smallest absolute Gasteiger partial charge is 0.545 e. The van der Waals surface area contributed by atoms with Crippen LogP contribution in [0, 0.1) is 0 Å². The van der Waals surface area contributed by atoms with Crippen molar-refractivity contribution in [1.82, 2.24) is 0 Å². The monoisotopic (exact) mass is 357 g/mol. The molecule has 0 aliphatic rings. The van der Waals surface area contributed by atoms with Crippen molar-refractivity contribution >= 4 is 24.1 Å². The molecule has 121 valence electrons. The van der Waals surface area contributed by atoms with E-state index in [4.69, 9.17) is 0 Å². The summed E-state index contributed by atoms with van der Waals surface area (Å²) in [5.41, 5.74) is 1.72. The van der Waals surface area contributed by atoms with Crippen LogP contribution in [-0.4, -0.2) is 11.9 Å². The van der Waals surface area contributed by atoms with Gasteiger partial charge in [0.2, 0.25) is 0 Å². The summed E-state index contributed by atoms with van der Waals surface area (Å²) >= 11 is 0. The van der Waals surface area contributed by atoms with Gasteiger partial charge in [-0.15, -0.1) is 0 Å². The second-order valence-corrected chi connectivity index (χ2v) is 4.13. The summed E-state index contributed by atoms with van der Waals surface area (Å²) in [7, 11) is 0. The van der Waals surface area contributed by atoms with E-state index in [0.29, 0.717) is 0 Å². The Kier molecular flexibility index (Phi) is 10.6. The van der Waals surface area contributed by atoms with Gasteiger partial charge in [-0.2, -0.15) is 0 Å². The van der Waals surface area contributed by atoms with Crippen LogP contribution < -0.4 is 10.2 Å². The van der Waals surface area contributed by atoms with E-state index in [1.54, 1.807) is 0 Å². The SMILES string of the molecule is O=C([O-])/C=C/c1ccccc1.O=C([O-])/C=C/c1ccccc1.[Cu+2]. The van der Waals surface area contributed by atoms with Crippen molar-refractivity contribution in [2.45, 2.75) is 0 Å². The van der Waals surface area contributed by atoms with Crippen LogP contribution in [0.3, 0.4) is 0 Å². The quantitative estimate of drug-likeness (QED) is 0.601. The second kappa shape index (κ2) is 12.0. The largest absolute Gasteiger partial charge is 2.00 e. The molecule has 0 spiro atoms. The van der Waals surface area contributed by atoms with Crippen LogP contribution in [0.25, 0.3) is 12.2 Å². The minimum Gasteiger partial charge on any atom is -0.545 e. The third-order valence-electron chi connectivity index (χ3n) is 2.42. The zero-order valence-electron chi connectivity index (χ0n) is 12.0. The topological polar surface area (TPSA) is 80.3 Å². The number of aliphatic carboxylic acids is 2. The Hall–Kier alpha value is -2.62. The van der Waals surface area contributed by atoms with Gasteiger partial charge in [-0.1, -0.05) is 72.8 Å². The van der Waals surface area contributed by atoms with Gasteiger partial charge in [0.15, 0.2) is 0 Å². The van der Waals surface area contributed by atoms with Crippen LogP contribution in [0.2, 0.25) is 0 Å². The Labute approximate surface area is 145 Å². The van der Waals surface area contributed by atoms with Gasteiger partial charge in [0.25, 0.3) is 0 Å². The Morgan fingerprint density at radius 1 is 0.652 bits per heavy atom. The van der Waals surface area contributed by atoms with E-state index in [9.17, 15) is 19.8 Å². The first kappa shape index (κ1) is 20.4. The summed E-state index contributed by atoms with van der Waals surface area (Å²) in [6.07, 6.45) is 5.01. The fourth-order valence-electron chi connectivity index (χ4n) is 1.46. The van der Waals surface area contributed by atoms with Crippen molar-refractivity contribution in [1.29, 1.82) is 0 Å². The first-order valence-corrected chi connectivity index (χ1v) is 6.46. The van der Waals surface area contributed by atoms with Crippen LogP contribution >= 0.6 is 0 Å². The molecular formula is C18H14CuO4. The number of carboxylic acid groups (broad SMARTS) is 2. The number of benzene rings is 2. The van der Waals surface area contributed by atoms with Crippen molar-refractivity contribution < 1.29 is 36.9 Å². The first-order valence-electron chi connectivity index (χ1n) is 6.46. The number of rotatable bonds is 4. The Morgan fingerprint density at radius 3 is 1.22 bits per heavy atom. The molecule has 0 aliphatic heterocycles. The van der Waals surface area contributed by atoms with Crippen molar-refractivity contribution in [3.63, 3.8) is 0 Å². The molecule has 0 atom stereocenters. The molecule has 2 rings (SSSR count). The fourth-order valence-corrected chi connectivity index (χ4v) is 1.46. The summed E-state index contributed by atoms with van der Waals surface area (Å²) in [6, 6.07) is 18.4. The number of carbonyl (C=O) groups is 2. The summed E-state index contributed by atoms with van der Waals surface area (Å²) < 4.78 is 0. The van der Waals surface area contributed by atoms with Gasteiger partial charge >= 0.3 is 17.1 Å². The maximum atomic E-state index is 9.97. The van der Waals surface area contributed by atoms with Crippen molar-refractivity contribution in [2.24, 2.45) is 0 Å². The maximum absolute atomic E-state index is 9.97. The van der Waals surface area contributed by atoms with E-state index in [-0.39, 0.29) is 17.1 Å². The summed E-state index contributed by atoms with van der Waals surface area (Å²) in [4.78, 5) is 19.9. The van der Waals surface area contributed by atoms with Crippen LogP contribution in [0.5, 0.6) is 0 Å². The molecule has 1 radical (unpaired) electrons. The normalized spacial score (nSPS) is 9.74. The van der Waals surface area contributed by atoms with Gasteiger partial charge in [-0.05, 0) is 23.3 Å². The van der Waals surface area contributed by atoms with Gasteiger partial charge < -0.3 is 19.8 Å². The second-order valence-electron chi connectivity index (χ2n) is 4.13. The first-order chi connectivity index (χ1) is 10.6. The predicted molar refractivity (Wildman–Crippen MR) is 81.0 cm³/mol. The zero-order chi connectivity index (χ0) is 16.2. The summed E-state index contributed by atoms with van der Waals surface area (Å²) in [5, 5.41) is 19.9. The molecule has 0 aromatic heterocycles. The van der Waals surface area contributed by atoms with Gasteiger partial charge in [0, 0.05) is 0 Å². The molecule has 0 saturated carbocycles. The van der Waals surface area contributed by atoms with Gasteiger partial charge in [-0.25, -0.2) is 0 Å². The summed E-state index contributed by atoms with van der Waals surface area (Å²) in [6.45, 7) is 0. The predicted octanol–water partition coefficient (Wildman–Crippen LogP) is 0.897. The molecule has 0 fully saturated rings. The molecule has 0 bridgehead atoms. The zero-order valence-corrected chi connectivity index (χ0v) is 13.0.